The number of hydrogen-bond acceptors (Lipinski definition) is 5. The quantitative estimate of drug-likeness (QED) is 0.917. The summed E-state index contributed by atoms with van der Waals surface area (Å²) >= 11 is 1.35. The molecular weight excluding hydrogens is 294 g/mol. The average molecular weight is 307 g/mol. The predicted octanol–water partition coefficient (Wildman–Crippen LogP) is 1.76. The van der Waals surface area contributed by atoms with E-state index in [-0.39, 0.29) is 18.5 Å². The maximum Gasteiger partial charge on any atom is 0.326 e. The number of nitrogens with zero attached hydrogens (tertiary/aromatic N) is 1. The van der Waals surface area contributed by atoms with Gasteiger partial charge < -0.3 is 14.6 Å². The number of carboxylic acids is 1. The van der Waals surface area contributed by atoms with Crippen LogP contribution in [0.25, 0.3) is 5.70 Å². The van der Waals surface area contributed by atoms with Crippen LogP contribution in [0.4, 0.5) is 0 Å². The smallest absolute Gasteiger partial charge is 0.326 e. The molecule has 1 atom stereocenters. The molecular formula is C14H13NO5S. The Bertz CT molecular complexity index is 642. The Labute approximate surface area is 125 Å². The minimum Gasteiger partial charge on any atom is -0.480 e. The van der Waals surface area contributed by atoms with Gasteiger partial charge in [0.25, 0.3) is 0 Å². The molecule has 21 heavy (non-hydrogen) atoms. The molecule has 1 N–H and O–H groups in total. The Morgan fingerprint density at radius 1 is 1.38 bits per heavy atom. The van der Waals surface area contributed by atoms with Crippen molar-refractivity contribution < 1.29 is 24.2 Å². The zero-order valence-corrected chi connectivity index (χ0v) is 12.1. The fraction of sp³-hybridized carbons (Fsp3) is 0.286. The molecule has 0 aliphatic carbocycles. The maximum absolute atomic E-state index is 12.1. The van der Waals surface area contributed by atoms with Crippen molar-refractivity contribution in [2.45, 2.75) is 13.0 Å². The molecule has 110 valence electrons. The van der Waals surface area contributed by atoms with Crippen LogP contribution in [-0.4, -0.2) is 40.5 Å². The van der Waals surface area contributed by atoms with Crippen LogP contribution in [0.1, 0.15) is 12.5 Å². The van der Waals surface area contributed by atoms with E-state index in [1.165, 1.54) is 23.6 Å². The third-order valence-corrected chi connectivity index (χ3v) is 4.15. The van der Waals surface area contributed by atoms with Crippen molar-refractivity contribution >= 4 is 29.3 Å². The van der Waals surface area contributed by atoms with E-state index in [2.05, 4.69) is 0 Å². The van der Waals surface area contributed by atoms with E-state index in [4.69, 9.17) is 9.47 Å². The zero-order chi connectivity index (χ0) is 15.0. The lowest BCUT2D eigenvalue weighted by Crippen LogP contribution is -2.44. The van der Waals surface area contributed by atoms with Gasteiger partial charge in [0, 0.05) is 5.56 Å². The van der Waals surface area contributed by atoms with Crippen molar-refractivity contribution in [2.75, 3.05) is 12.5 Å². The second-order valence-corrected chi connectivity index (χ2v) is 5.52. The molecule has 7 heteroatoms. The van der Waals surface area contributed by atoms with Crippen molar-refractivity contribution in [3.05, 3.63) is 29.2 Å². The van der Waals surface area contributed by atoms with E-state index < -0.39 is 12.0 Å². The van der Waals surface area contributed by atoms with Crippen molar-refractivity contribution in [1.29, 1.82) is 0 Å². The first-order valence-corrected chi connectivity index (χ1v) is 7.39. The fourth-order valence-electron chi connectivity index (χ4n) is 2.25. The number of carbonyl (C=O) groups excluding carboxylic acids is 1. The molecule has 0 spiro atoms. The number of thioether (sulfide) groups is 1. The molecule has 0 fully saturated rings. The number of hydrogen-bond donors (Lipinski definition) is 1. The summed E-state index contributed by atoms with van der Waals surface area (Å²) in [5.74, 6) is 0.226. The number of amides is 1. The molecule has 6 nitrogen and oxygen atoms in total. The molecule has 3 rings (SSSR count). The Morgan fingerprint density at radius 3 is 2.90 bits per heavy atom. The van der Waals surface area contributed by atoms with Crippen LogP contribution >= 0.6 is 11.8 Å². The summed E-state index contributed by atoms with van der Waals surface area (Å²) in [6, 6.07) is 4.39. The SMILES string of the molecule is CC(C(=O)O)N1C(=O)CSC=C1c1ccc2c(c1)OCO2. The Morgan fingerprint density at radius 2 is 2.14 bits per heavy atom. The second kappa shape index (κ2) is 5.33. The summed E-state index contributed by atoms with van der Waals surface area (Å²) in [6.07, 6.45) is 0. The van der Waals surface area contributed by atoms with Gasteiger partial charge in [-0.15, -0.1) is 11.8 Å². The number of benzene rings is 1. The molecule has 2 heterocycles. The Balaban J connectivity index is 2.00. The zero-order valence-electron chi connectivity index (χ0n) is 11.2. The van der Waals surface area contributed by atoms with Gasteiger partial charge in [0.2, 0.25) is 12.7 Å². The summed E-state index contributed by atoms with van der Waals surface area (Å²) in [5, 5.41) is 11.0. The van der Waals surface area contributed by atoms with E-state index in [9.17, 15) is 14.7 Å². The van der Waals surface area contributed by atoms with Gasteiger partial charge in [0.05, 0.1) is 11.4 Å². The number of fused-ring (bicyclic) bond motifs is 1. The second-order valence-electron chi connectivity index (χ2n) is 4.66. The number of rotatable bonds is 3. The summed E-state index contributed by atoms with van der Waals surface area (Å²) in [5.41, 5.74) is 1.30. The van der Waals surface area contributed by atoms with E-state index in [1.54, 1.807) is 23.6 Å². The van der Waals surface area contributed by atoms with Crippen LogP contribution in [0.2, 0.25) is 0 Å². The van der Waals surface area contributed by atoms with Gasteiger partial charge in [-0.2, -0.15) is 0 Å². The fourth-order valence-corrected chi connectivity index (χ4v) is 3.02. The summed E-state index contributed by atoms with van der Waals surface area (Å²) < 4.78 is 10.6. The van der Waals surface area contributed by atoms with Gasteiger partial charge >= 0.3 is 5.97 Å². The van der Waals surface area contributed by atoms with Crippen LogP contribution in [0.5, 0.6) is 11.5 Å². The molecule has 0 saturated carbocycles. The highest BCUT2D eigenvalue weighted by Gasteiger charge is 2.32. The van der Waals surface area contributed by atoms with E-state index in [1.807, 2.05) is 0 Å². The number of ether oxygens (including phenoxy) is 2. The molecule has 1 aromatic rings. The van der Waals surface area contributed by atoms with E-state index in [0.717, 1.165) is 5.56 Å². The van der Waals surface area contributed by atoms with E-state index >= 15 is 0 Å². The molecule has 0 aromatic heterocycles. The first-order chi connectivity index (χ1) is 10.1. The molecule has 1 amide bonds. The normalized spacial score (nSPS) is 18.4. The first-order valence-electron chi connectivity index (χ1n) is 6.34. The molecule has 0 radical (unpaired) electrons. The number of aliphatic carboxylic acids is 1. The van der Waals surface area contributed by atoms with Crippen LogP contribution in [0.15, 0.2) is 23.6 Å². The molecule has 2 aliphatic heterocycles. The lowest BCUT2D eigenvalue weighted by Gasteiger charge is -2.31. The minimum atomic E-state index is -1.04. The van der Waals surface area contributed by atoms with Gasteiger partial charge in [0.1, 0.15) is 6.04 Å². The first kappa shape index (κ1) is 13.8. The third-order valence-electron chi connectivity index (χ3n) is 3.34. The lowest BCUT2D eigenvalue weighted by atomic mass is 10.1. The van der Waals surface area contributed by atoms with Crippen molar-refractivity contribution in [3.63, 3.8) is 0 Å². The Kier molecular flexibility index (Phi) is 3.50. The monoisotopic (exact) mass is 307 g/mol. The largest absolute Gasteiger partial charge is 0.480 e. The van der Waals surface area contributed by atoms with Gasteiger partial charge in [-0.25, -0.2) is 4.79 Å². The number of carbonyl (C=O) groups is 2. The molecule has 2 aliphatic rings. The highest BCUT2D eigenvalue weighted by molar-refractivity contribution is 8.03. The molecule has 0 saturated heterocycles. The van der Waals surface area contributed by atoms with Crippen LogP contribution in [-0.2, 0) is 9.59 Å². The van der Waals surface area contributed by atoms with Crippen molar-refractivity contribution in [1.82, 2.24) is 4.90 Å². The van der Waals surface area contributed by atoms with E-state index in [0.29, 0.717) is 17.2 Å². The van der Waals surface area contributed by atoms with Crippen molar-refractivity contribution in [3.8, 4) is 11.5 Å². The molecule has 0 bridgehead atoms. The number of carboxylic acid groups (broad SMARTS) is 1. The van der Waals surface area contributed by atoms with Crippen molar-refractivity contribution in [2.24, 2.45) is 0 Å². The standard InChI is InChI=1S/C14H13NO5S/c1-8(14(17)18)15-10(5-21-6-13(15)16)9-2-3-11-12(4-9)20-7-19-11/h2-5,8H,6-7H2,1H3,(H,17,18). The molecule has 1 aromatic carbocycles. The van der Waals surface area contributed by atoms with Gasteiger partial charge in [-0.3, -0.25) is 9.69 Å². The topological polar surface area (TPSA) is 76.1 Å². The minimum absolute atomic E-state index is 0.167. The van der Waals surface area contributed by atoms with Crippen LogP contribution in [0, 0.1) is 0 Å². The third kappa shape index (κ3) is 2.44. The van der Waals surface area contributed by atoms with Gasteiger partial charge in [-0.05, 0) is 30.5 Å². The highest BCUT2D eigenvalue weighted by atomic mass is 32.2. The highest BCUT2D eigenvalue weighted by Crippen LogP contribution is 2.37. The maximum atomic E-state index is 12.1. The average Bonchev–Trinajstić information content (AvgIpc) is 2.93. The summed E-state index contributed by atoms with van der Waals surface area (Å²) in [7, 11) is 0. The summed E-state index contributed by atoms with van der Waals surface area (Å²) in [6.45, 7) is 1.66. The summed E-state index contributed by atoms with van der Waals surface area (Å²) in [4.78, 5) is 24.7. The van der Waals surface area contributed by atoms with Crippen LogP contribution < -0.4 is 9.47 Å². The van der Waals surface area contributed by atoms with Gasteiger partial charge in [-0.1, -0.05) is 0 Å². The Hall–Kier alpha value is -2.15. The lowest BCUT2D eigenvalue weighted by molar-refractivity contribution is -0.145. The van der Waals surface area contributed by atoms with Crippen LogP contribution in [0.3, 0.4) is 0 Å². The van der Waals surface area contributed by atoms with Gasteiger partial charge in [0.15, 0.2) is 11.5 Å². The predicted molar refractivity (Wildman–Crippen MR) is 76.9 cm³/mol. The molecule has 1 unspecified atom stereocenters.